The first-order valence-corrected chi connectivity index (χ1v) is 10.2. The highest BCUT2D eigenvalue weighted by Gasteiger charge is 2.51. The quantitative estimate of drug-likeness (QED) is 0.398. The average Bonchev–Trinajstić information content (AvgIpc) is 3.20. The summed E-state index contributed by atoms with van der Waals surface area (Å²) in [6, 6.07) is 10.2. The Labute approximate surface area is 181 Å². The fourth-order valence-corrected chi connectivity index (χ4v) is 4.09. The van der Waals surface area contributed by atoms with Gasteiger partial charge in [0.15, 0.2) is 5.78 Å². The molecule has 8 heteroatoms. The average molecular weight is 425 g/mol. The summed E-state index contributed by atoms with van der Waals surface area (Å²) in [4.78, 5) is 51.4. The van der Waals surface area contributed by atoms with E-state index in [0.29, 0.717) is 29.8 Å². The molecule has 1 aromatic heterocycles. The molecule has 3 amide bonds. The Morgan fingerprint density at radius 2 is 1.81 bits per heavy atom. The molecule has 0 bridgehead atoms. The maximum Gasteiger partial charge on any atom is 0.325 e. The number of methoxy groups -OCH3 is 1. The number of urea groups is 1. The van der Waals surface area contributed by atoms with E-state index in [-0.39, 0.29) is 24.7 Å². The summed E-state index contributed by atoms with van der Waals surface area (Å²) >= 11 is 0. The molecular weight excluding hydrogens is 398 g/mol. The molecule has 0 radical (unpaired) electrons. The molecule has 0 spiro atoms. The molecule has 8 nitrogen and oxygen atoms in total. The summed E-state index contributed by atoms with van der Waals surface area (Å²) in [5.41, 5.74) is 1.44. The zero-order valence-corrected chi connectivity index (χ0v) is 18.2. The number of rotatable bonds is 8. The van der Waals surface area contributed by atoms with Crippen LogP contribution < -0.4 is 5.32 Å². The molecule has 1 aliphatic heterocycles. The Kier molecular flexibility index (Phi) is 6.29. The van der Waals surface area contributed by atoms with E-state index in [4.69, 9.17) is 0 Å². The fraction of sp³-hybridized carbons (Fsp3) is 0.391. The van der Waals surface area contributed by atoms with E-state index >= 15 is 0 Å². The van der Waals surface area contributed by atoms with Gasteiger partial charge in [0.1, 0.15) is 5.54 Å². The van der Waals surface area contributed by atoms with Gasteiger partial charge >= 0.3 is 12.0 Å². The van der Waals surface area contributed by atoms with Gasteiger partial charge in [-0.1, -0.05) is 37.3 Å². The van der Waals surface area contributed by atoms with E-state index in [1.54, 1.807) is 25.1 Å². The molecule has 0 aliphatic carbocycles. The van der Waals surface area contributed by atoms with E-state index in [1.165, 1.54) is 7.11 Å². The van der Waals surface area contributed by atoms with Crippen molar-refractivity contribution in [2.45, 2.75) is 45.7 Å². The highest BCUT2D eigenvalue weighted by molar-refractivity contribution is 6.11. The van der Waals surface area contributed by atoms with Crippen molar-refractivity contribution in [1.29, 1.82) is 0 Å². The number of nitrogens with zero attached hydrogens (tertiary/aromatic N) is 2. The van der Waals surface area contributed by atoms with E-state index in [9.17, 15) is 19.2 Å². The number of aryl methyl sites for hydroxylation is 1. The fourth-order valence-electron chi connectivity index (χ4n) is 4.09. The summed E-state index contributed by atoms with van der Waals surface area (Å²) in [5.74, 6) is -1.10. The number of hydrogen-bond acceptors (Lipinski definition) is 5. The van der Waals surface area contributed by atoms with E-state index < -0.39 is 17.5 Å². The summed E-state index contributed by atoms with van der Waals surface area (Å²) in [5, 5.41) is 2.79. The monoisotopic (exact) mass is 425 g/mol. The van der Waals surface area contributed by atoms with E-state index in [1.807, 2.05) is 36.6 Å². The summed E-state index contributed by atoms with van der Waals surface area (Å²) < 4.78 is 6.53. The number of benzene rings is 1. The van der Waals surface area contributed by atoms with Gasteiger partial charge in [0, 0.05) is 23.5 Å². The number of imide groups is 1. The molecule has 2 aromatic rings. The number of nitrogens with one attached hydrogen (secondary N) is 1. The first-order chi connectivity index (χ1) is 14.7. The smallest absolute Gasteiger partial charge is 0.325 e. The third-order valence-electron chi connectivity index (χ3n) is 5.92. The number of ketones is 1. The molecule has 164 valence electrons. The summed E-state index contributed by atoms with van der Waals surface area (Å²) in [6.45, 7) is 5.48. The van der Waals surface area contributed by atoms with Crippen LogP contribution in [0, 0.1) is 13.8 Å². The summed E-state index contributed by atoms with van der Waals surface area (Å²) in [6.07, 6.45) is 0.553. The third kappa shape index (κ3) is 3.97. The Morgan fingerprint density at radius 1 is 1.13 bits per heavy atom. The molecule has 1 aliphatic rings. The largest absolute Gasteiger partial charge is 0.469 e. The Balaban J connectivity index is 1.82. The van der Waals surface area contributed by atoms with Crippen molar-refractivity contribution in [1.82, 2.24) is 14.8 Å². The number of Topliss-reactive ketones (excluding diaryl/α,β-unsaturated/α-hetero) is 1. The highest BCUT2D eigenvalue weighted by atomic mass is 16.5. The van der Waals surface area contributed by atoms with Crippen LogP contribution in [0.15, 0.2) is 36.4 Å². The standard InChI is InChI=1S/C23H27N3O5/c1-5-23(17-9-7-6-8-10-17)21(29)26(22(30)24-23)14-19(27)18-13-15(2)25(16(18)3)12-11-20(28)31-4/h6-10,13H,5,11-12,14H2,1-4H3,(H,24,30)/t23-/m1/s1. The number of ether oxygens (including phenoxy) is 1. The van der Waals surface area contributed by atoms with E-state index in [0.717, 1.165) is 10.6 Å². The SMILES string of the molecule is CC[C@]1(c2ccccc2)NC(=O)N(CC(=O)c2cc(C)n(CCC(=O)OC)c2C)C1=O. The predicted octanol–water partition coefficient (Wildman–Crippen LogP) is 2.71. The first-order valence-electron chi connectivity index (χ1n) is 10.2. The third-order valence-corrected chi connectivity index (χ3v) is 5.92. The van der Waals surface area contributed by atoms with Crippen molar-refractivity contribution in [2.24, 2.45) is 0 Å². The molecule has 1 N–H and O–H groups in total. The number of carbonyl (C=O) groups is 4. The van der Waals surface area contributed by atoms with Crippen LogP contribution in [0.1, 0.15) is 47.1 Å². The second-order valence-electron chi connectivity index (χ2n) is 7.63. The van der Waals surface area contributed by atoms with Crippen molar-refractivity contribution >= 4 is 23.7 Å². The van der Waals surface area contributed by atoms with Crippen molar-refractivity contribution in [3.8, 4) is 0 Å². The van der Waals surface area contributed by atoms with Gasteiger partial charge in [-0.2, -0.15) is 0 Å². The van der Waals surface area contributed by atoms with Crippen molar-refractivity contribution in [3.05, 3.63) is 58.9 Å². The lowest BCUT2D eigenvalue weighted by molar-refractivity contribution is -0.140. The van der Waals surface area contributed by atoms with Crippen LogP contribution in [0.4, 0.5) is 4.79 Å². The van der Waals surface area contributed by atoms with Gasteiger partial charge in [-0.15, -0.1) is 0 Å². The van der Waals surface area contributed by atoms with Crippen LogP contribution in [0.25, 0.3) is 0 Å². The van der Waals surface area contributed by atoms with Crippen LogP contribution in [0.5, 0.6) is 0 Å². The maximum atomic E-state index is 13.2. The normalized spacial score (nSPS) is 18.3. The molecule has 0 unspecified atom stereocenters. The van der Waals surface area contributed by atoms with Gasteiger partial charge < -0.3 is 14.6 Å². The van der Waals surface area contributed by atoms with Gasteiger partial charge in [-0.25, -0.2) is 4.79 Å². The van der Waals surface area contributed by atoms with Gasteiger partial charge in [0.05, 0.1) is 20.1 Å². The van der Waals surface area contributed by atoms with Crippen LogP contribution >= 0.6 is 0 Å². The van der Waals surface area contributed by atoms with Crippen molar-refractivity contribution in [3.63, 3.8) is 0 Å². The van der Waals surface area contributed by atoms with Crippen molar-refractivity contribution < 1.29 is 23.9 Å². The molecular formula is C23H27N3O5. The lowest BCUT2D eigenvalue weighted by atomic mass is 9.87. The number of aromatic nitrogens is 1. The summed E-state index contributed by atoms with van der Waals surface area (Å²) in [7, 11) is 1.33. The zero-order chi connectivity index (χ0) is 22.8. The molecule has 1 aromatic carbocycles. The minimum atomic E-state index is -1.17. The zero-order valence-electron chi connectivity index (χ0n) is 18.2. The Morgan fingerprint density at radius 3 is 2.42 bits per heavy atom. The number of esters is 1. The second kappa shape index (κ2) is 8.75. The molecule has 1 atom stereocenters. The first kappa shape index (κ1) is 22.3. The Bertz CT molecular complexity index is 1030. The lowest BCUT2D eigenvalue weighted by Crippen LogP contribution is -2.43. The topological polar surface area (TPSA) is 97.7 Å². The van der Waals surface area contributed by atoms with Crippen LogP contribution in [0.3, 0.4) is 0 Å². The van der Waals surface area contributed by atoms with Gasteiger partial charge in [-0.3, -0.25) is 19.3 Å². The minimum absolute atomic E-state index is 0.184. The molecule has 1 saturated heterocycles. The van der Waals surface area contributed by atoms with Crippen molar-refractivity contribution in [2.75, 3.05) is 13.7 Å². The highest BCUT2D eigenvalue weighted by Crippen LogP contribution is 2.32. The second-order valence-corrected chi connectivity index (χ2v) is 7.63. The minimum Gasteiger partial charge on any atom is -0.469 e. The van der Waals surface area contributed by atoms with Gasteiger partial charge in [0.2, 0.25) is 0 Å². The molecule has 3 rings (SSSR count). The number of carbonyl (C=O) groups excluding carboxylic acids is 4. The van der Waals surface area contributed by atoms with E-state index in [2.05, 4.69) is 10.1 Å². The number of amides is 3. The molecule has 0 saturated carbocycles. The van der Waals surface area contributed by atoms with Gasteiger partial charge in [-0.05, 0) is 31.9 Å². The Hall–Kier alpha value is -3.42. The van der Waals surface area contributed by atoms with Crippen LogP contribution in [-0.2, 0) is 26.4 Å². The number of hydrogen-bond donors (Lipinski definition) is 1. The lowest BCUT2D eigenvalue weighted by Gasteiger charge is -2.25. The van der Waals surface area contributed by atoms with Crippen LogP contribution in [0.2, 0.25) is 0 Å². The maximum absolute atomic E-state index is 13.2. The predicted molar refractivity (Wildman–Crippen MR) is 114 cm³/mol. The molecule has 1 fully saturated rings. The van der Waals surface area contributed by atoms with Crippen LogP contribution in [-0.4, -0.2) is 46.8 Å². The molecule has 2 heterocycles. The molecule has 31 heavy (non-hydrogen) atoms. The van der Waals surface area contributed by atoms with Gasteiger partial charge in [0.25, 0.3) is 5.91 Å².